The molecule has 6 nitrogen and oxygen atoms in total. The average Bonchev–Trinajstić information content (AvgIpc) is 1.56. The van der Waals surface area contributed by atoms with Gasteiger partial charge in [-0.15, -0.1) is 0 Å². The first-order valence-corrected chi connectivity index (χ1v) is 6.46. The summed E-state index contributed by atoms with van der Waals surface area (Å²) in [5.74, 6) is 0. The van der Waals surface area contributed by atoms with Crippen LogP contribution in [0.15, 0.2) is 0 Å². The molecule has 0 amide bonds. The molecule has 9 heteroatoms. The first kappa shape index (κ1) is 8.44. The van der Waals surface area contributed by atoms with Crippen molar-refractivity contribution in [1.29, 1.82) is 0 Å². The van der Waals surface area contributed by atoms with E-state index in [0.717, 1.165) is 0 Å². The topological polar surface area (TPSA) is 86.7 Å². The Hall–Kier alpha value is 0.339. The second kappa shape index (κ2) is 2.43. The summed E-state index contributed by atoms with van der Waals surface area (Å²) < 4.78 is 49.7. The van der Waals surface area contributed by atoms with Gasteiger partial charge in [-0.05, 0) is 0 Å². The van der Waals surface area contributed by atoms with E-state index >= 15 is 0 Å². The van der Waals surface area contributed by atoms with Gasteiger partial charge in [-0.2, -0.15) is 0 Å². The van der Waals surface area contributed by atoms with E-state index in [2.05, 4.69) is 6.53 Å². The molecule has 0 aliphatic carbocycles. The van der Waals surface area contributed by atoms with Crippen LogP contribution >= 0.6 is 0 Å². The van der Waals surface area contributed by atoms with Gasteiger partial charge < -0.3 is 0 Å². The summed E-state index contributed by atoms with van der Waals surface area (Å²) in [6.07, 6.45) is 0. The van der Waals surface area contributed by atoms with Gasteiger partial charge in [0.1, 0.15) is 0 Å². The molecule has 1 rings (SSSR count). The van der Waals surface area contributed by atoms with Gasteiger partial charge >= 0.3 is 64.3 Å². The molecule has 0 aromatic carbocycles. The Bertz CT molecular complexity index is 278. The number of hydrogen-bond donors (Lipinski definition) is 0. The Kier molecular flexibility index (Phi) is 2.05. The molecule has 1 fully saturated rings. The van der Waals surface area contributed by atoms with E-state index in [-0.39, 0.29) is 0 Å². The molecule has 1 heterocycles. The van der Waals surface area contributed by atoms with E-state index in [1.54, 1.807) is 0 Å². The summed E-state index contributed by atoms with van der Waals surface area (Å²) >= 11 is -1.25. The van der Waals surface area contributed by atoms with Gasteiger partial charge in [0, 0.05) is 0 Å². The molecule has 0 aromatic rings. The molecule has 1 aliphatic heterocycles. The zero-order valence-electron chi connectivity index (χ0n) is 4.38. The summed E-state index contributed by atoms with van der Waals surface area (Å²) in [6, 6.07) is 0. The first-order valence-electron chi connectivity index (χ1n) is 1.91. The molecule has 1 saturated heterocycles. The van der Waals surface area contributed by atoms with E-state index in [9.17, 15) is 16.8 Å². The maximum absolute atomic E-state index is 10.4. The van der Waals surface area contributed by atoms with Gasteiger partial charge in [0.25, 0.3) is 0 Å². The van der Waals surface area contributed by atoms with Crippen molar-refractivity contribution in [2.45, 2.75) is 0 Å². The van der Waals surface area contributed by atoms with Crippen LogP contribution in [0, 0.1) is 0 Å². The van der Waals surface area contributed by atoms with E-state index in [4.69, 9.17) is 0 Å². The van der Waals surface area contributed by atoms with Crippen molar-refractivity contribution in [3.63, 3.8) is 0 Å². The Balaban J connectivity index is 2.97. The van der Waals surface area contributed by atoms with Crippen LogP contribution in [0.4, 0.5) is 0 Å². The molecule has 0 saturated carbocycles. The maximum atomic E-state index is 10.4. The minimum absolute atomic E-state index is 1.08. The van der Waals surface area contributed by atoms with Crippen LogP contribution in [0.1, 0.15) is 0 Å². The monoisotopic (exact) mass is 254 g/mol. The average molecular weight is 253 g/mol. The number of hydrogen-bond acceptors (Lipinski definition) is 6. The Morgan fingerprint density at radius 1 is 1.00 bits per heavy atom. The molecule has 0 radical (unpaired) electrons. The molecule has 10 heavy (non-hydrogen) atoms. The molecule has 0 unspecified atom stereocenters. The van der Waals surface area contributed by atoms with Gasteiger partial charge in [0.15, 0.2) is 0 Å². The van der Waals surface area contributed by atoms with Crippen LogP contribution in [0.25, 0.3) is 0 Å². The third-order valence-electron chi connectivity index (χ3n) is 0.552. The predicted octanol–water partition coefficient (Wildman–Crippen LogP) is -1.82. The number of rotatable bonds is 0. The standard InChI is InChI=1S/CH2O6S2Se/c2-8(3)1-9(4,5)7-10-6-8/h1H2. The van der Waals surface area contributed by atoms with E-state index in [1.807, 2.05) is 0 Å². The van der Waals surface area contributed by atoms with Crippen LogP contribution in [0.2, 0.25) is 0 Å². The molecule has 0 aromatic heterocycles. The molecule has 0 N–H and O–H groups in total. The summed E-state index contributed by atoms with van der Waals surface area (Å²) in [7, 11) is -7.75. The zero-order valence-corrected chi connectivity index (χ0v) is 7.73. The van der Waals surface area contributed by atoms with Gasteiger partial charge in [-0.1, -0.05) is 0 Å². The zero-order chi connectivity index (χ0) is 7.83. The molecular formula is CH2O6S2Se. The summed E-state index contributed by atoms with van der Waals surface area (Å²) in [5.41, 5.74) is 0. The van der Waals surface area contributed by atoms with Gasteiger partial charge in [-0.25, -0.2) is 0 Å². The molecule has 0 bridgehead atoms. The fourth-order valence-corrected chi connectivity index (χ4v) is 5.28. The SMILES string of the molecule is O=S1(=O)CS(=O)(=O)O[Se]O1. The van der Waals surface area contributed by atoms with E-state index < -0.39 is 40.9 Å². The Morgan fingerprint density at radius 3 is 1.60 bits per heavy atom. The molecule has 0 atom stereocenters. The van der Waals surface area contributed by atoms with Gasteiger partial charge in [0.2, 0.25) is 0 Å². The van der Waals surface area contributed by atoms with Crippen molar-refractivity contribution in [2.75, 3.05) is 5.08 Å². The predicted molar refractivity (Wildman–Crippen MR) is 30.6 cm³/mol. The van der Waals surface area contributed by atoms with Crippen molar-refractivity contribution < 1.29 is 23.4 Å². The quantitative estimate of drug-likeness (QED) is 0.473. The van der Waals surface area contributed by atoms with Crippen LogP contribution in [-0.4, -0.2) is 37.5 Å². The fraction of sp³-hybridized carbons (Fsp3) is 1.00. The molecular weight excluding hydrogens is 251 g/mol. The van der Waals surface area contributed by atoms with Crippen molar-refractivity contribution in [3.05, 3.63) is 0 Å². The molecule has 60 valence electrons. The van der Waals surface area contributed by atoms with Crippen LogP contribution in [-0.2, 0) is 26.8 Å². The third kappa shape index (κ3) is 2.18. The normalized spacial score (nSPS) is 29.6. The fourth-order valence-electron chi connectivity index (χ4n) is 0.312. The van der Waals surface area contributed by atoms with Crippen molar-refractivity contribution in [1.82, 2.24) is 0 Å². The van der Waals surface area contributed by atoms with Gasteiger partial charge in [0.05, 0.1) is 0 Å². The van der Waals surface area contributed by atoms with Crippen molar-refractivity contribution in [3.8, 4) is 0 Å². The third-order valence-corrected chi connectivity index (χ3v) is 6.70. The van der Waals surface area contributed by atoms with Crippen LogP contribution < -0.4 is 0 Å². The van der Waals surface area contributed by atoms with E-state index in [0.29, 0.717) is 0 Å². The first-order chi connectivity index (χ1) is 4.41. The van der Waals surface area contributed by atoms with Crippen molar-refractivity contribution >= 4 is 35.9 Å². The summed E-state index contributed by atoms with van der Waals surface area (Å²) in [6.45, 7) is 0. The molecule has 0 spiro atoms. The molecule has 1 aliphatic rings. The Labute approximate surface area is 64.6 Å². The second-order valence-electron chi connectivity index (χ2n) is 1.44. The van der Waals surface area contributed by atoms with E-state index in [1.165, 1.54) is 0 Å². The summed E-state index contributed by atoms with van der Waals surface area (Å²) in [4.78, 5) is 0. The second-order valence-corrected chi connectivity index (χ2v) is 6.88. The van der Waals surface area contributed by atoms with Crippen LogP contribution in [0.3, 0.4) is 0 Å². The summed E-state index contributed by atoms with van der Waals surface area (Å²) in [5, 5.41) is -1.08. The van der Waals surface area contributed by atoms with Crippen molar-refractivity contribution in [2.24, 2.45) is 0 Å². The Morgan fingerprint density at radius 2 is 1.40 bits per heavy atom. The van der Waals surface area contributed by atoms with Gasteiger partial charge in [-0.3, -0.25) is 0 Å². The van der Waals surface area contributed by atoms with Crippen LogP contribution in [0.5, 0.6) is 0 Å². The minimum atomic E-state index is -3.88.